The van der Waals surface area contributed by atoms with Gasteiger partial charge in [0.2, 0.25) is 0 Å². The van der Waals surface area contributed by atoms with Gasteiger partial charge in [0.25, 0.3) is 5.91 Å². The van der Waals surface area contributed by atoms with Gasteiger partial charge in [0, 0.05) is 12.1 Å². The Bertz CT molecular complexity index is 882. The summed E-state index contributed by atoms with van der Waals surface area (Å²) in [7, 11) is 0. The van der Waals surface area contributed by atoms with Crippen LogP contribution in [0, 0.1) is 5.92 Å². The number of benzene rings is 1. The summed E-state index contributed by atoms with van der Waals surface area (Å²) in [6.07, 6.45) is 4.04. The summed E-state index contributed by atoms with van der Waals surface area (Å²) in [6, 6.07) is 9.67. The van der Waals surface area contributed by atoms with Crippen LogP contribution in [0.5, 0.6) is 0 Å². The molecule has 140 valence electrons. The molecule has 3 heterocycles. The molecule has 9 heteroatoms. The number of H-pyrrole nitrogens is 1. The molecule has 1 saturated heterocycles. The fourth-order valence-corrected chi connectivity index (χ4v) is 3.18. The van der Waals surface area contributed by atoms with Crippen LogP contribution in [0.1, 0.15) is 29.2 Å². The highest BCUT2D eigenvalue weighted by Crippen LogP contribution is 2.13. The van der Waals surface area contributed by atoms with Crippen molar-refractivity contribution in [2.75, 3.05) is 13.1 Å². The zero-order valence-corrected chi connectivity index (χ0v) is 14.9. The van der Waals surface area contributed by atoms with E-state index < -0.39 is 0 Å². The first-order valence-electron chi connectivity index (χ1n) is 9.13. The molecule has 9 nitrogen and oxygen atoms in total. The van der Waals surface area contributed by atoms with Crippen molar-refractivity contribution in [3.05, 3.63) is 48.0 Å². The number of rotatable bonds is 6. The van der Waals surface area contributed by atoms with Crippen molar-refractivity contribution in [3.8, 4) is 11.4 Å². The summed E-state index contributed by atoms with van der Waals surface area (Å²) in [5.74, 6) is 1.44. The highest BCUT2D eigenvalue weighted by molar-refractivity contribution is 5.91. The number of nitrogens with one attached hydrogen (secondary N) is 3. The molecule has 1 aliphatic heterocycles. The lowest BCUT2D eigenvalue weighted by Gasteiger charge is -2.22. The molecule has 1 aliphatic rings. The van der Waals surface area contributed by atoms with Crippen molar-refractivity contribution in [2.24, 2.45) is 5.92 Å². The smallest absolute Gasteiger partial charge is 0.273 e. The SMILES string of the molecule is O=C(NCc1nc(-c2ccccc2)n[nH]1)c1cn(C[C@@H]2CCCNC2)nn1. The normalized spacial score (nSPS) is 17.0. The topological polar surface area (TPSA) is 113 Å². The van der Waals surface area contributed by atoms with Gasteiger partial charge in [0.15, 0.2) is 11.5 Å². The number of amides is 1. The van der Waals surface area contributed by atoms with E-state index in [0.717, 1.165) is 25.2 Å². The average Bonchev–Trinajstić information content (AvgIpc) is 3.37. The third-order valence-electron chi connectivity index (χ3n) is 4.60. The lowest BCUT2D eigenvalue weighted by Crippen LogP contribution is -2.32. The molecule has 1 aromatic carbocycles. The van der Waals surface area contributed by atoms with E-state index in [0.29, 0.717) is 23.3 Å². The molecule has 2 aromatic heterocycles. The molecule has 0 radical (unpaired) electrons. The first-order valence-corrected chi connectivity index (χ1v) is 9.13. The number of hydrogen-bond donors (Lipinski definition) is 3. The van der Waals surface area contributed by atoms with Crippen LogP contribution in [-0.2, 0) is 13.1 Å². The fraction of sp³-hybridized carbons (Fsp3) is 0.389. The molecule has 1 fully saturated rings. The first kappa shape index (κ1) is 17.3. The predicted octanol–water partition coefficient (Wildman–Crippen LogP) is 0.993. The standard InChI is InChI=1S/C18H22N8O/c27-18(15-12-26(25-22-15)11-13-5-4-8-19-9-13)20-10-16-21-17(24-23-16)14-6-2-1-3-7-14/h1-3,6-7,12-13,19H,4-5,8-11H2,(H,20,27)(H,21,23,24)/t13-/m1/s1. The van der Waals surface area contributed by atoms with E-state index in [1.807, 2.05) is 30.3 Å². The molecule has 0 bridgehead atoms. The van der Waals surface area contributed by atoms with Gasteiger partial charge in [-0.1, -0.05) is 35.5 Å². The molecule has 27 heavy (non-hydrogen) atoms. The summed E-state index contributed by atoms with van der Waals surface area (Å²) in [5.41, 5.74) is 1.23. The Kier molecular flexibility index (Phi) is 5.20. The van der Waals surface area contributed by atoms with Gasteiger partial charge in [0.05, 0.1) is 12.7 Å². The van der Waals surface area contributed by atoms with E-state index in [1.165, 1.54) is 12.8 Å². The number of aromatic amines is 1. The van der Waals surface area contributed by atoms with Crippen LogP contribution in [0.25, 0.3) is 11.4 Å². The Morgan fingerprint density at radius 1 is 1.30 bits per heavy atom. The summed E-state index contributed by atoms with van der Waals surface area (Å²) in [4.78, 5) is 16.7. The summed E-state index contributed by atoms with van der Waals surface area (Å²) >= 11 is 0. The Balaban J connectivity index is 1.31. The second kappa shape index (κ2) is 8.09. The van der Waals surface area contributed by atoms with Crippen LogP contribution in [-0.4, -0.2) is 49.2 Å². The minimum Gasteiger partial charge on any atom is -0.343 e. The van der Waals surface area contributed by atoms with Gasteiger partial charge in [-0.2, -0.15) is 5.10 Å². The van der Waals surface area contributed by atoms with E-state index in [9.17, 15) is 4.79 Å². The molecule has 0 unspecified atom stereocenters. The predicted molar refractivity (Wildman–Crippen MR) is 98.6 cm³/mol. The number of carbonyl (C=O) groups excluding carboxylic acids is 1. The Morgan fingerprint density at radius 3 is 3.00 bits per heavy atom. The summed E-state index contributed by atoms with van der Waals surface area (Å²) in [5, 5.41) is 21.3. The second-order valence-corrected chi connectivity index (χ2v) is 6.69. The maximum atomic E-state index is 12.3. The van der Waals surface area contributed by atoms with Gasteiger partial charge in [-0.05, 0) is 31.8 Å². The first-order chi connectivity index (χ1) is 13.3. The average molecular weight is 366 g/mol. The largest absolute Gasteiger partial charge is 0.343 e. The molecule has 1 amide bonds. The number of nitrogens with zero attached hydrogens (tertiary/aromatic N) is 5. The Morgan fingerprint density at radius 2 is 2.19 bits per heavy atom. The zero-order chi connectivity index (χ0) is 18.5. The van der Waals surface area contributed by atoms with Crippen LogP contribution in [0.15, 0.2) is 36.5 Å². The Hall–Kier alpha value is -3.07. The van der Waals surface area contributed by atoms with E-state index in [4.69, 9.17) is 0 Å². The minimum absolute atomic E-state index is 0.248. The maximum Gasteiger partial charge on any atom is 0.273 e. The highest BCUT2D eigenvalue weighted by atomic mass is 16.2. The number of piperidine rings is 1. The summed E-state index contributed by atoms with van der Waals surface area (Å²) < 4.78 is 1.74. The van der Waals surface area contributed by atoms with Gasteiger partial charge < -0.3 is 10.6 Å². The van der Waals surface area contributed by atoms with Crippen molar-refractivity contribution in [3.63, 3.8) is 0 Å². The molecule has 3 aromatic rings. The van der Waals surface area contributed by atoms with Gasteiger partial charge in [-0.25, -0.2) is 4.98 Å². The third kappa shape index (κ3) is 4.37. The zero-order valence-electron chi connectivity index (χ0n) is 14.9. The number of aromatic nitrogens is 6. The van der Waals surface area contributed by atoms with E-state index in [1.54, 1.807) is 10.9 Å². The van der Waals surface area contributed by atoms with Gasteiger partial charge in [-0.3, -0.25) is 14.6 Å². The molecule has 3 N–H and O–H groups in total. The highest BCUT2D eigenvalue weighted by Gasteiger charge is 2.16. The minimum atomic E-state index is -0.277. The molecule has 0 spiro atoms. The monoisotopic (exact) mass is 366 g/mol. The van der Waals surface area contributed by atoms with Crippen LogP contribution in [0.2, 0.25) is 0 Å². The van der Waals surface area contributed by atoms with Gasteiger partial charge >= 0.3 is 0 Å². The van der Waals surface area contributed by atoms with E-state index in [-0.39, 0.29) is 12.5 Å². The van der Waals surface area contributed by atoms with Crippen molar-refractivity contribution >= 4 is 5.91 Å². The molecule has 1 atom stereocenters. The molecular weight excluding hydrogens is 344 g/mol. The van der Waals surface area contributed by atoms with Crippen molar-refractivity contribution < 1.29 is 4.79 Å². The third-order valence-corrected chi connectivity index (χ3v) is 4.60. The quantitative estimate of drug-likeness (QED) is 0.600. The van der Waals surface area contributed by atoms with Crippen LogP contribution in [0.3, 0.4) is 0 Å². The van der Waals surface area contributed by atoms with Crippen molar-refractivity contribution in [1.82, 2.24) is 40.8 Å². The molecule has 0 saturated carbocycles. The van der Waals surface area contributed by atoms with Gasteiger partial charge in [0.1, 0.15) is 5.82 Å². The number of hydrogen-bond acceptors (Lipinski definition) is 6. The number of carbonyl (C=O) groups is 1. The second-order valence-electron chi connectivity index (χ2n) is 6.69. The lowest BCUT2D eigenvalue weighted by molar-refractivity contribution is 0.0945. The molecular formula is C18H22N8O. The van der Waals surface area contributed by atoms with E-state index >= 15 is 0 Å². The fourth-order valence-electron chi connectivity index (χ4n) is 3.18. The van der Waals surface area contributed by atoms with Gasteiger partial charge in [-0.15, -0.1) is 5.10 Å². The Labute approximate surface area is 156 Å². The molecule has 0 aliphatic carbocycles. The summed E-state index contributed by atoms with van der Waals surface area (Å²) in [6.45, 7) is 3.08. The van der Waals surface area contributed by atoms with E-state index in [2.05, 4.69) is 36.1 Å². The van der Waals surface area contributed by atoms with Crippen LogP contribution in [0.4, 0.5) is 0 Å². The van der Waals surface area contributed by atoms with Crippen LogP contribution < -0.4 is 10.6 Å². The van der Waals surface area contributed by atoms with Crippen molar-refractivity contribution in [2.45, 2.75) is 25.9 Å². The maximum absolute atomic E-state index is 12.3. The van der Waals surface area contributed by atoms with Crippen LogP contribution >= 0.6 is 0 Å². The lowest BCUT2D eigenvalue weighted by atomic mass is 10.00. The molecule has 4 rings (SSSR count). The van der Waals surface area contributed by atoms with Crippen molar-refractivity contribution in [1.29, 1.82) is 0 Å².